The minimum Gasteiger partial charge on any atom is -0.488 e. The zero-order valence-electron chi connectivity index (χ0n) is 19.8. The lowest BCUT2D eigenvalue weighted by Crippen LogP contribution is -2.15. The summed E-state index contributed by atoms with van der Waals surface area (Å²) in [5.74, 6) is -0.0242. The number of rotatable bonds is 7. The summed E-state index contributed by atoms with van der Waals surface area (Å²) in [6.45, 7) is 3.95. The molecule has 0 fully saturated rings. The molecule has 0 aliphatic heterocycles. The number of anilines is 1. The molecule has 36 heavy (non-hydrogen) atoms. The lowest BCUT2D eigenvalue weighted by molar-refractivity contribution is -0.384. The minimum absolute atomic E-state index is 0.00152. The quantitative estimate of drug-likeness (QED) is 0.142. The third-order valence-corrected chi connectivity index (χ3v) is 5.85. The number of nitriles is 1. The number of ether oxygens (including phenoxy) is 1. The predicted octanol–water partition coefficient (Wildman–Crippen LogP) is 6.49. The summed E-state index contributed by atoms with van der Waals surface area (Å²) in [5.41, 5.74) is 3.77. The van der Waals surface area contributed by atoms with Gasteiger partial charge >= 0.3 is 0 Å². The second-order valence-corrected chi connectivity index (χ2v) is 8.30. The van der Waals surface area contributed by atoms with Gasteiger partial charge in [0.15, 0.2) is 0 Å². The Morgan fingerprint density at radius 3 is 2.36 bits per heavy atom. The molecule has 1 amide bonds. The topological polar surface area (TPSA) is 105 Å². The Bertz CT molecular complexity index is 1510. The average Bonchev–Trinajstić information content (AvgIpc) is 2.88. The number of aryl methyl sites for hydroxylation is 2. The largest absolute Gasteiger partial charge is 0.488 e. The number of nitrogens with one attached hydrogen (secondary N) is 1. The standard InChI is InChI=1S/C29H23N3O4/c1-19-6-5-7-20(2)28(19)31-29(33)23(17-30)16-26-25-9-4-3-8-22(25)12-15-27(26)36-18-21-10-13-24(14-11-21)32(34)35/h3-16H,18H2,1-2H3,(H,31,33)/b23-16-. The maximum absolute atomic E-state index is 13.1. The Hall–Kier alpha value is -4.96. The molecule has 0 unspecified atom stereocenters. The number of nitrogens with zero attached hydrogens (tertiary/aromatic N) is 2. The van der Waals surface area contributed by atoms with E-state index in [-0.39, 0.29) is 17.9 Å². The predicted molar refractivity (Wildman–Crippen MR) is 140 cm³/mol. The van der Waals surface area contributed by atoms with E-state index >= 15 is 0 Å². The fourth-order valence-electron chi connectivity index (χ4n) is 3.91. The highest BCUT2D eigenvalue weighted by Crippen LogP contribution is 2.31. The highest BCUT2D eigenvalue weighted by atomic mass is 16.6. The van der Waals surface area contributed by atoms with Crippen LogP contribution in [0.1, 0.15) is 22.3 Å². The van der Waals surface area contributed by atoms with E-state index in [0.717, 1.165) is 27.5 Å². The van der Waals surface area contributed by atoms with Gasteiger partial charge in [-0.05, 0) is 65.6 Å². The van der Waals surface area contributed by atoms with Gasteiger partial charge in [-0.2, -0.15) is 5.26 Å². The van der Waals surface area contributed by atoms with E-state index in [2.05, 4.69) is 5.32 Å². The highest BCUT2D eigenvalue weighted by molar-refractivity contribution is 6.11. The number of benzene rings is 4. The van der Waals surface area contributed by atoms with E-state index in [0.29, 0.717) is 17.0 Å². The summed E-state index contributed by atoms with van der Waals surface area (Å²) in [6, 6.07) is 25.2. The van der Waals surface area contributed by atoms with Crippen molar-refractivity contribution in [3.63, 3.8) is 0 Å². The Balaban J connectivity index is 1.69. The number of nitro benzene ring substituents is 1. The fraction of sp³-hybridized carbons (Fsp3) is 0.103. The number of amides is 1. The number of para-hydroxylation sites is 1. The summed E-state index contributed by atoms with van der Waals surface area (Å²) in [6.07, 6.45) is 1.54. The molecule has 0 saturated heterocycles. The molecule has 0 atom stereocenters. The van der Waals surface area contributed by atoms with Gasteiger partial charge in [0.05, 0.1) is 4.92 Å². The normalized spacial score (nSPS) is 11.1. The van der Waals surface area contributed by atoms with Crippen molar-refractivity contribution in [3.05, 3.63) is 117 Å². The van der Waals surface area contributed by atoms with Crippen LogP contribution in [0.3, 0.4) is 0 Å². The van der Waals surface area contributed by atoms with Crippen molar-refractivity contribution in [3.8, 4) is 11.8 Å². The molecule has 4 aromatic rings. The lowest BCUT2D eigenvalue weighted by Gasteiger charge is -2.14. The number of non-ortho nitro benzene ring substituents is 1. The Morgan fingerprint density at radius 2 is 1.69 bits per heavy atom. The summed E-state index contributed by atoms with van der Waals surface area (Å²) in [4.78, 5) is 23.5. The fourth-order valence-corrected chi connectivity index (χ4v) is 3.91. The Kier molecular flexibility index (Phi) is 7.07. The summed E-state index contributed by atoms with van der Waals surface area (Å²) < 4.78 is 6.06. The van der Waals surface area contributed by atoms with Gasteiger partial charge in [-0.15, -0.1) is 0 Å². The van der Waals surface area contributed by atoms with E-state index in [9.17, 15) is 20.2 Å². The second kappa shape index (κ2) is 10.5. The first-order valence-electron chi connectivity index (χ1n) is 11.2. The maximum Gasteiger partial charge on any atom is 0.269 e. The number of fused-ring (bicyclic) bond motifs is 1. The third-order valence-electron chi connectivity index (χ3n) is 5.85. The van der Waals surface area contributed by atoms with Crippen LogP contribution in [-0.4, -0.2) is 10.8 Å². The molecule has 0 spiro atoms. The van der Waals surface area contributed by atoms with Crippen LogP contribution in [0.15, 0.2) is 84.4 Å². The molecular weight excluding hydrogens is 454 g/mol. The molecule has 0 heterocycles. The van der Waals surface area contributed by atoms with E-state index < -0.39 is 10.8 Å². The van der Waals surface area contributed by atoms with Gasteiger partial charge < -0.3 is 10.1 Å². The first kappa shape index (κ1) is 24.2. The molecule has 7 heteroatoms. The molecule has 0 bridgehead atoms. The van der Waals surface area contributed by atoms with Gasteiger partial charge in [0.1, 0.15) is 24.0 Å². The van der Waals surface area contributed by atoms with Crippen LogP contribution in [-0.2, 0) is 11.4 Å². The Labute approximate surface area is 208 Å². The van der Waals surface area contributed by atoms with E-state index in [1.165, 1.54) is 18.2 Å². The molecule has 4 aromatic carbocycles. The van der Waals surface area contributed by atoms with Crippen LogP contribution in [0.4, 0.5) is 11.4 Å². The average molecular weight is 478 g/mol. The van der Waals surface area contributed by atoms with Gasteiger partial charge in [0.25, 0.3) is 11.6 Å². The van der Waals surface area contributed by atoms with Gasteiger partial charge in [0, 0.05) is 23.4 Å². The molecule has 0 radical (unpaired) electrons. The molecule has 0 saturated carbocycles. The Morgan fingerprint density at radius 1 is 1.00 bits per heavy atom. The molecule has 1 N–H and O–H groups in total. The van der Waals surface area contributed by atoms with Crippen LogP contribution >= 0.6 is 0 Å². The summed E-state index contributed by atoms with van der Waals surface area (Å²) >= 11 is 0. The molecular formula is C29H23N3O4. The van der Waals surface area contributed by atoms with Gasteiger partial charge in [0.2, 0.25) is 0 Å². The smallest absolute Gasteiger partial charge is 0.269 e. The molecule has 0 aliphatic carbocycles. The van der Waals surface area contributed by atoms with E-state index in [1.807, 2.05) is 68.4 Å². The van der Waals surface area contributed by atoms with Gasteiger partial charge in [-0.1, -0.05) is 48.5 Å². The van der Waals surface area contributed by atoms with Crippen molar-refractivity contribution in [1.82, 2.24) is 0 Å². The first-order valence-corrected chi connectivity index (χ1v) is 11.2. The molecule has 0 aliphatic rings. The van der Waals surface area contributed by atoms with Crippen LogP contribution in [0.25, 0.3) is 16.8 Å². The zero-order valence-corrected chi connectivity index (χ0v) is 19.8. The summed E-state index contributed by atoms with van der Waals surface area (Å²) in [5, 5.41) is 25.4. The molecule has 7 nitrogen and oxygen atoms in total. The number of carbonyl (C=O) groups excluding carboxylic acids is 1. The molecule has 4 rings (SSSR count). The number of carbonyl (C=O) groups is 1. The first-order chi connectivity index (χ1) is 17.4. The maximum atomic E-state index is 13.1. The van der Waals surface area contributed by atoms with Crippen molar-refractivity contribution in [2.45, 2.75) is 20.5 Å². The number of nitro groups is 1. The van der Waals surface area contributed by atoms with E-state index in [1.54, 1.807) is 18.2 Å². The van der Waals surface area contributed by atoms with Crippen LogP contribution in [0.5, 0.6) is 5.75 Å². The minimum atomic E-state index is -0.510. The second-order valence-electron chi connectivity index (χ2n) is 8.30. The zero-order chi connectivity index (χ0) is 25.7. The van der Waals surface area contributed by atoms with Crippen molar-refractivity contribution in [1.29, 1.82) is 5.26 Å². The number of hydrogen-bond donors (Lipinski definition) is 1. The van der Waals surface area contributed by atoms with Crippen LogP contribution < -0.4 is 10.1 Å². The van der Waals surface area contributed by atoms with Crippen LogP contribution in [0, 0.1) is 35.3 Å². The summed E-state index contributed by atoms with van der Waals surface area (Å²) in [7, 11) is 0. The highest BCUT2D eigenvalue weighted by Gasteiger charge is 2.16. The molecule has 0 aromatic heterocycles. The van der Waals surface area contributed by atoms with Crippen molar-refractivity contribution in [2.75, 3.05) is 5.32 Å². The van der Waals surface area contributed by atoms with Crippen molar-refractivity contribution < 1.29 is 14.5 Å². The monoisotopic (exact) mass is 477 g/mol. The SMILES string of the molecule is Cc1cccc(C)c1NC(=O)/C(C#N)=C\c1c(OCc2ccc([N+](=O)[O-])cc2)ccc2ccccc12. The molecule has 178 valence electrons. The van der Waals surface area contributed by atoms with Crippen molar-refractivity contribution in [2.24, 2.45) is 0 Å². The van der Waals surface area contributed by atoms with Crippen LogP contribution in [0.2, 0.25) is 0 Å². The van der Waals surface area contributed by atoms with Crippen molar-refractivity contribution >= 4 is 34.1 Å². The third kappa shape index (κ3) is 5.24. The number of hydrogen-bond acceptors (Lipinski definition) is 5. The van der Waals surface area contributed by atoms with E-state index in [4.69, 9.17) is 4.74 Å². The lowest BCUT2D eigenvalue weighted by atomic mass is 10.0. The van der Waals surface area contributed by atoms with Gasteiger partial charge in [-0.3, -0.25) is 14.9 Å². The van der Waals surface area contributed by atoms with Gasteiger partial charge in [-0.25, -0.2) is 0 Å².